The van der Waals surface area contributed by atoms with Crippen LogP contribution < -0.4 is 0 Å². The number of aromatic nitrogens is 2. The summed E-state index contributed by atoms with van der Waals surface area (Å²) >= 11 is 2.96. The van der Waals surface area contributed by atoms with Gasteiger partial charge in [0, 0.05) is 6.20 Å². The molecule has 0 aliphatic heterocycles. The minimum atomic E-state index is -4.04. The number of hydrogen-bond acceptors (Lipinski definition) is 1. The van der Waals surface area contributed by atoms with E-state index in [0.29, 0.717) is 4.47 Å². The van der Waals surface area contributed by atoms with Crippen molar-refractivity contribution in [3.63, 3.8) is 0 Å². The zero-order valence-corrected chi connectivity index (χ0v) is 7.81. The van der Waals surface area contributed by atoms with Crippen LogP contribution in [0.1, 0.15) is 0 Å². The lowest BCUT2D eigenvalue weighted by Crippen LogP contribution is -2.32. The lowest BCUT2D eigenvalue weighted by atomic mass is 10.3. The van der Waals surface area contributed by atoms with E-state index >= 15 is 0 Å². The molecule has 0 aliphatic rings. The Hall–Kier alpha value is -0.590. The van der Waals surface area contributed by atoms with Crippen LogP contribution in [0.4, 0.5) is 17.6 Å². The van der Waals surface area contributed by atoms with E-state index in [2.05, 4.69) is 21.0 Å². The zero-order valence-electron chi connectivity index (χ0n) is 6.22. The Morgan fingerprint density at radius 2 is 2.15 bits per heavy atom. The molecule has 1 aromatic heterocycles. The van der Waals surface area contributed by atoms with Gasteiger partial charge in [-0.2, -0.15) is 13.9 Å². The molecule has 0 N–H and O–H groups in total. The second kappa shape index (κ2) is 3.65. The maximum atomic E-state index is 12.4. The molecule has 74 valence electrons. The summed E-state index contributed by atoms with van der Waals surface area (Å²) in [6.07, 6.45) is -1.21. The fourth-order valence-corrected chi connectivity index (χ4v) is 1.04. The Balaban J connectivity index is 2.68. The predicted molar refractivity (Wildman–Crippen MR) is 40.9 cm³/mol. The maximum Gasteiger partial charge on any atom is 0.326 e. The van der Waals surface area contributed by atoms with Crippen molar-refractivity contribution in [3.8, 4) is 0 Å². The molecule has 0 bridgehead atoms. The van der Waals surface area contributed by atoms with Crippen molar-refractivity contribution in [1.82, 2.24) is 9.78 Å². The molecular formula is C6H5BrF4N2. The van der Waals surface area contributed by atoms with Gasteiger partial charge in [-0.15, -0.1) is 0 Å². The lowest BCUT2D eigenvalue weighted by molar-refractivity contribution is -0.139. The van der Waals surface area contributed by atoms with Crippen LogP contribution in [0.3, 0.4) is 0 Å². The van der Waals surface area contributed by atoms with E-state index in [1.807, 2.05) is 0 Å². The molecule has 13 heavy (non-hydrogen) atoms. The van der Waals surface area contributed by atoms with Crippen LogP contribution in [0.25, 0.3) is 0 Å². The first-order valence-corrected chi connectivity index (χ1v) is 4.05. The summed E-state index contributed by atoms with van der Waals surface area (Å²) < 4.78 is 49.5. The Labute approximate surface area is 79.7 Å². The highest BCUT2D eigenvalue weighted by Gasteiger charge is 2.41. The highest BCUT2D eigenvalue weighted by atomic mass is 79.9. The van der Waals surface area contributed by atoms with E-state index in [-0.39, 0.29) is 0 Å². The Kier molecular flexibility index (Phi) is 2.94. The van der Waals surface area contributed by atoms with E-state index in [4.69, 9.17) is 0 Å². The van der Waals surface area contributed by atoms with E-state index in [1.54, 1.807) is 0 Å². The van der Waals surface area contributed by atoms with Crippen molar-refractivity contribution in [2.24, 2.45) is 0 Å². The second-order valence-electron chi connectivity index (χ2n) is 2.42. The molecule has 0 radical (unpaired) electrons. The topological polar surface area (TPSA) is 17.8 Å². The van der Waals surface area contributed by atoms with Crippen LogP contribution in [0.5, 0.6) is 0 Å². The van der Waals surface area contributed by atoms with Crippen molar-refractivity contribution >= 4 is 15.9 Å². The van der Waals surface area contributed by atoms with E-state index in [9.17, 15) is 17.6 Å². The largest absolute Gasteiger partial charge is 0.326 e. The SMILES string of the molecule is FC(F)C(F)(F)Cn1cc(Br)cn1. The third kappa shape index (κ3) is 2.68. The van der Waals surface area contributed by atoms with Gasteiger partial charge in [0.15, 0.2) is 0 Å². The molecule has 7 heteroatoms. The number of hydrogen-bond donors (Lipinski definition) is 0. The van der Waals surface area contributed by atoms with E-state index in [1.165, 1.54) is 12.4 Å². The fraction of sp³-hybridized carbons (Fsp3) is 0.500. The molecule has 0 amide bonds. The van der Waals surface area contributed by atoms with Crippen LogP contribution in [0, 0.1) is 0 Å². The van der Waals surface area contributed by atoms with Gasteiger partial charge in [0.05, 0.1) is 10.7 Å². The average Bonchev–Trinajstić information content (AvgIpc) is 2.34. The minimum absolute atomic E-state index is 0.470. The molecule has 0 aliphatic carbocycles. The van der Waals surface area contributed by atoms with Crippen LogP contribution in [-0.2, 0) is 6.54 Å². The number of halogens is 5. The van der Waals surface area contributed by atoms with Gasteiger partial charge in [0.1, 0.15) is 6.54 Å². The van der Waals surface area contributed by atoms with Gasteiger partial charge in [0.25, 0.3) is 0 Å². The molecule has 1 heterocycles. The monoisotopic (exact) mass is 260 g/mol. The normalized spacial score (nSPS) is 12.5. The molecule has 0 spiro atoms. The summed E-state index contributed by atoms with van der Waals surface area (Å²) in [5, 5.41) is 3.44. The Morgan fingerprint density at radius 3 is 2.54 bits per heavy atom. The second-order valence-corrected chi connectivity index (χ2v) is 3.33. The first kappa shape index (κ1) is 10.5. The van der Waals surface area contributed by atoms with Crippen LogP contribution in [-0.4, -0.2) is 22.1 Å². The zero-order chi connectivity index (χ0) is 10.1. The quantitative estimate of drug-likeness (QED) is 0.764. The van der Waals surface area contributed by atoms with E-state index in [0.717, 1.165) is 4.68 Å². The van der Waals surface area contributed by atoms with Gasteiger partial charge >= 0.3 is 12.3 Å². The summed E-state index contributed by atoms with van der Waals surface area (Å²) in [7, 11) is 0. The molecular weight excluding hydrogens is 256 g/mol. The number of alkyl halides is 4. The first-order chi connectivity index (χ1) is 5.92. The summed E-state index contributed by atoms with van der Waals surface area (Å²) in [5.41, 5.74) is 0. The molecule has 0 unspecified atom stereocenters. The van der Waals surface area contributed by atoms with Gasteiger partial charge in [-0.25, -0.2) is 8.78 Å². The van der Waals surface area contributed by atoms with Gasteiger partial charge in [-0.1, -0.05) is 0 Å². The van der Waals surface area contributed by atoms with Gasteiger partial charge in [-0.3, -0.25) is 4.68 Å². The van der Waals surface area contributed by atoms with Crippen molar-refractivity contribution in [1.29, 1.82) is 0 Å². The molecule has 0 saturated carbocycles. The summed E-state index contributed by atoms with van der Waals surface area (Å²) in [5.74, 6) is -4.04. The van der Waals surface area contributed by atoms with Gasteiger partial charge < -0.3 is 0 Å². The smallest absolute Gasteiger partial charge is 0.265 e. The van der Waals surface area contributed by atoms with Crippen LogP contribution in [0.2, 0.25) is 0 Å². The van der Waals surface area contributed by atoms with Crippen LogP contribution >= 0.6 is 15.9 Å². The molecule has 0 fully saturated rings. The van der Waals surface area contributed by atoms with Crippen molar-refractivity contribution in [2.45, 2.75) is 18.9 Å². The Bertz CT molecular complexity index is 286. The summed E-state index contributed by atoms with van der Waals surface area (Å²) in [6, 6.07) is 0. The van der Waals surface area contributed by atoms with Gasteiger partial charge in [-0.05, 0) is 15.9 Å². The Morgan fingerprint density at radius 1 is 1.54 bits per heavy atom. The molecule has 1 rings (SSSR count). The average molecular weight is 261 g/mol. The summed E-state index contributed by atoms with van der Waals surface area (Å²) in [4.78, 5) is 0. The highest BCUT2D eigenvalue weighted by molar-refractivity contribution is 9.10. The first-order valence-electron chi connectivity index (χ1n) is 3.26. The maximum absolute atomic E-state index is 12.4. The number of nitrogens with zero attached hydrogens (tertiary/aromatic N) is 2. The highest BCUT2D eigenvalue weighted by Crippen LogP contribution is 2.24. The lowest BCUT2D eigenvalue weighted by Gasteiger charge is -2.14. The third-order valence-corrected chi connectivity index (χ3v) is 1.70. The van der Waals surface area contributed by atoms with Crippen LogP contribution in [0.15, 0.2) is 16.9 Å². The van der Waals surface area contributed by atoms with Crippen molar-refractivity contribution in [2.75, 3.05) is 0 Å². The van der Waals surface area contributed by atoms with Crippen molar-refractivity contribution < 1.29 is 17.6 Å². The summed E-state index contributed by atoms with van der Waals surface area (Å²) in [6.45, 7) is -1.11. The number of rotatable bonds is 3. The van der Waals surface area contributed by atoms with E-state index < -0.39 is 18.9 Å². The predicted octanol–water partition coefficient (Wildman–Crippen LogP) is 2.55. The fourth-order valence-electron chi connectivity index (χ4n) is 0.710. The molecule has 0 atom stereocenters. The standard InChI is InChI=1S/C6H5BrF4N2/c7-4-1-12-13(2-4)3-6(10,11)5(8)9/h1-2,5H,3H2. The van der Waals surface area contributed by atoms with Crippen molar-refractivity contribution in [3.05, 3.63) is 16.9 Å². The molecule has 0 saturated heterocycles. The third-order valence-electron chi connectivity index (χ3n) is 1.29. The molecule has 2 nitrogen and oxygen atoms in total. The molecule has 1 aromatic rings. The minimum Gasteiger partial charge on any atom is -0.265 e. The molecule has 0 aromatic carbocycles. The van der Waals surface area contributed by atoms with Gasteiger partial charge in [0.2, 0.25) is 0 Å².